The molecule has 0 radical (unpaired) electrons. The largest absolute Gasteiger partial charge is 0.335 e. The van der Waals surface area contributed by atoms with Crippen molar-refractivity contribution in [2.45, 2.75) is 50.5 Å². The lowest BCUT2D eigenvalue weighted by Crippen LogP contribution is -2.64. The number of hydrogen-bond acceptors (Lipinski definition) is 1. The SMILES string of the molecule is CC12CCCCC1(C)N1c3cccc4c3B(c3ccc(-c5ccccc5)c2c31)c1ccc(-c2ccccc2)c2c3ccccc3n-4c12. The van der Waals surface area contributed by atoms with Crippen molar-refractivity contribution in [1.82, 2.24) is 4.57 Å². The molecule has 11 rings (SSSR count). The lowest BCUT2D eigenvalue weighted by Gasteiger charge is -2.52. The van der Waals surface area contributed by atoms with Crippen molar-refractivity contribution in [1.29, 1.82) is 0 Å². The molecule has 1 aliphatic carbocycles. The van der Waals surface area contributed by atoms with E-state index in [0.29, 0.717) is 0 Å². The third-order valence-corrected chi connectivity index (χ3v) is 12.7. The van der Waals surface area contributed by atoms with Gasteiger partial charge in [-0.3, -0.25) is 0 Å². The van der Waals surface area contributed by atoms with Crippen LogP contribution in [0, 0.1) is 0 Å². The fourth-order valence-electron chi connectivity index (χ4n) is 10.5. The van der Waals surface area contributed by atoms with Gasteiger partial charge in [0.05, 0.1) is 11.1 Å². The summed E-state index contributed by atoms with van der Waals surface area (Å²) in [6, 6.07) is 48.2. The highest BCUT2D eigenvalue weighted by Crippen LogP contribution is 2.63. The smallest absolute Gasteiger partial charge is 0.252 e. The van der Waals surface area contributed by atoms with Gasteiger partial charge >= 0.3 is 0 Å². The second-order valence-electron chi connectivity index (χ2n) is 14.7. The van der Waals surface area contributed by atoms with Crippen LogP contribution in [-0.4, -0.2) is 16.8 Å². The van der Waals surface area contributed by atoms with E-state index in [-0.39, 0.29) is 17.7 Å². The van der Waals surface area contributed by atoms with Crippen LogP contribution in [0.15, 0.2) is 127 Å². The zero-order chi connectivity index (χ0) is 31.1. The molecule has 2 nitrogen and oxygen atoms in total. The first-order valence-corrected chi connectivity index (χ1v) is 17.4. The monoisotopic (exact) mass is 602 g/mol. The summed E-state index contributed by atoms with van der Waals surface area (Å²) in [6.45, 7) is 5.35. The molecular formula is C44H35BN2. The number of nitrogens with zero attached hydrogens (tertiary/aromatic N) is 2. The maximum atomic E-state index is 2.84. The van der Waals surface area contributed by atoms with Gasteiger partial charge in [-0.05, 0) is 82.2 Å². The Hall–Kier alpha value is -5.02. The van der Waals surface area contributed by atoms with Gasteiger partial charge in [-0.15, -0.1) is 0 Å². The van der Waals surface area contributed by atoms with E-state index in [1.807, 2.05) is 0 Å². The molecule has 4 aliphatic rings. The van der Waals surface area contributed by atoms with Crippen molar-refractivity contribution in [3.8, 4) is 27.9 Å². The summed E-state index contributed by atoms with van der Waals surface area (Å²) in [5.41, 5.74) is 18.2. The second kappa shape index (κ2) is 8.86. The van der Waals surface area contributed by atoms with E-state index >= 15 is 0 Å². The average molecular weight is 603 g/mol. The molecule has 47 heavy (non-hydrogen) atoms. The predicted molar refractivity (Wildman–Crippen MR) is 199 cm³/mol. The maximum absolute atomic E-state index is 2.84. The molecule has 7 aromatic rings. The number of rotatable bonds is 2. The van der Waals surface area contributed by atoms with Gasteiger partial charge in [0.15, 0.2) is 0 Å². The third kappa shape index (κ3) is 3.00. The zero-order valence-corrected chi connectivity index (χ0v) is 26.9. The molecule has 0 saturated heterocycles. The highest BCUT2D eigenvalue weighted by atomic mass is 15.3. The molecule has 3 heteroatoms. The highest BCUT2D eigenvalue weighted by Gasteiger charge is 2.61. The van der Waals surface area contributed by atoms with Crippen molar-refractivity contribution < 1.29 is 0 Å². The van der Waals surface area contributed by atoms with Crippen molar-refractivity contribution in [2.75, 3.05) is 4.90 Å². The van der Waals surface area contributed by atoms with E-state index in [4.69, 9.17) is 0 Å². The molecule has 0 bridgehead atoms. The maximum Gasteiger partial charge on any atom is 0.252 e. The lowest BCUT2D eigenvalue weighted by atomic mass is 9.33. The summed E-state index contributed by atoms with van der Waals surface area (Å²) in [5.74, 6) is 0. The second-order valence-corrected chi connectivity index (χ2v) is 14.7. The minimum Gasteiger partial charge on any atom is -0.335 e. The molecule has 1 saturated carbocycles. The Labute approximate surface area is 276 Å². The molecule has 4 heterocycles. The summed E-state index contributed by atoms with van der Waals surface area (Å²) in [5, 5.41) is 2.70. The van der Waals surface area contributed by atoms with Gasteiger partial charge in [0.25, 0.3) is 6.71 Å². The Kier molecular flexibility index (Phi) is 4.92. The molecule has 224 valence electrons. The average Bonchev–Trinajstić information content (AvgIpc) is 3.58. The number of para-hydroxylation sites is 1. The minimum absolute atomic E-state index is 0.00116. The van der Waals surface area contributed by atoms with Gasteiger partial charge in [0.1, 0.15) is 0 Å². The van der Waals surface area contributed by atoms with Crippen molar-refractivity contribution in [2.24, 2.45) is 0 Å². The van der Waals surface area contributed by atoms with Crippen LogP contribution in [0.3, 0.4) is 0 Å². The van der Waals surface area contributed by atoms with Gasteiger partial charge in [0.2, 0.25) is 0 Å². The number of benzene rings is 6. The third-order valence-electron chi connectivity index (χ3n) is 12.7. The van der Waals surface area contributed by atoms with E-state index in [9.17, 15) is 0 Å². The number of fused-ring (bicyclic) bond motifs is 10. The van der Waals surface area contributed by atoms with Gasteiger partial charge in [-0.1, -0.05) is 129 Å². The number of aromatic nitrogens is 1. The first kappa shape index (κ1) is 26.1. The van der Waals surface area contributed by atoms with Crippen LogP contribution in [-0.2, 0) is 5.41 Å². The van der Waals surface area contributed by atoms with Crippen molar-refractivity contribution in [3.63, 3.8) is 0 Å². The summed E-state index contributed by atoms with van der Waals surface area (Å²) >= 11 is 0. The van der Waals surface area contributed by atoms with Crippen LogP contribution in [0.2, 0.25) is 0 Å². The van der Waals surface area contributed by atoms with E-state index in [2.05, 4.69) is 151 Å². The van der Waals surface area contributed by atoms with Gasteiger partial charge in [-0.25, -0.2) is 0 Å². The Morgan fingerprint density at radius 3 is 2.06 bits per heavy atom. The Balaban J connectivity index is 1.30. The molecule has 0 amide bonds. The van der Waals surface area contributed by atoms with Crippen LogP contribution in [0.1, 0.15) is 45.1 Å². The van der Waals surface area contributed by atoms with E-state index in [1.165, 1.54) is 103 Å². The molecule has 1 fully saturated rings. The normalized spacial score (nSPS) is 21.6. The summed E-state index contributed by atoms with van der Waals surface area (Å²) in [7, 11) is 0. The first-order valence-electron chi connectivity index (χ1n) is 17.4. The van der Waals surface area contributed by atoms with Gasteiger partial charge < -0.3 is 9.47 Å². The fourth-order valence-corrected chi connectivity index (χ4v) is 10.5. The Bertz CT molecular complexity index is 2460. The molecule has 3 aliphatic heterocycles. The van der Waals surface area contributed by atoms with Gasteiger partial charge in [0, 0.05) is 38.8 Å². The molecule has 0 N–H and O–H groups in total. The standard InChI is InChI=1S/C44H35BN2/c1-43-26-11-12-27-44(43,2)47-37-21-13-20-36-40(37)45(34-25-23-31(39(43)42(34)47)29-16-7-4-8-17-29)33-24-22-30(28-14-5-3-6-15-28)38-32-18-9-10-19-35(32)46(36)41(33)38/h3-10,13-25H,11-12,26-27H2,1-2H3. The molecular weight excluding hydrogens is 567 g/mol. The molecule has 6 aromatic carbocycles. The van der Waals surface area contributed by atoms with E-state index < -0.39 is 0 Å². The fraction of sp³-hybridized carbons (Fsp3) is 0.182. The summed E-state index contributed by atoms with van der Waals surface area (Å²) in [4.78, 5) is 2.84. The van der Waals surface area contributed by atoms with Crippen LogP contribution < -0.4 is 21.3 Å². The molecule has 2 atom stereocenters. The van der Waals surface area contributed by atoms with Crippen molar-refractivity contribution >= 4 is 56.3 Å². The topological polar surface area (TPSA) is 8.17 Å². The first-order chi connectivity index (χ1) is 23.1. The highest BCUT2D eigenvalue weighted by molar-refractivity contribution is 7.00. The molecule has 0 spiro atoms. The van der Waals surface area contributed by atoms with Crippen LogP contribution in [0.25, 0.3) is 49.7 Å². The van der Waals surface area contributed by atoms with E-state index in [0.717, 1.165) is 0 Å². The minimum atomic E-state index is -0.00116. The van der Waals surface area contributed by atoms with Crippen LogP contribution in [0.5, 0.6) is 0 Å². The Morgan fingerprint density at radius 2 is 1.26 bits per heavy atom. The number of hydrogen-bond donors (Lipinski definition) is 0. The molecule has 2 unspecified atom stereocenters. The summed E-state index contributed by atoms with van der Waals surface area (Å²) in [6.07, 6.45) is 4.98. The zero-order valence-electron chi connectivity index (χ0n) is 26.9. The predicted octanol–water partition coefficient (Wildman–Crippen LogP) is 9.00. The van der Waals surface area contributed by atoms with Crippen LogP contribution in [0.4, 0.5) is 11.4 Å². The van der Waals surface area contributed by atoms with E-state index in [1.54, 1.807) is 5.56 Å². The lowest BCUT2D eigenvalue weighted by molar-refractivity contribution is 0.195. The van der Waals surface area contributed by atoms with Crippen LogP contribution >= 0.6 is 0 Å². The summed E-state index contributed by atoms with van der Waals surface area (Å²) < 4.78 is 2.60. The quantitative estimate of drug-likeness (QED) is 0.179. The van der Waals surface area contributed by atoms with Crippen molar-refractivity contribution in [3.05, 3.63) is 133 Å². The van der Waals surface area contributed by atoms with Gasteiger partial charge in [-0.2, -0.15) is 0 Å². The number of anilines is 2. The Morgan fingerprint density at radius 1 is 0.596 bits per heavy atom. The molecule has 1 aromatic heterocycles.